The van der Waals surface area contributed by atoms with Gasteiger partial charge in [0.2, 0.25) is 0 Å². The highest BCUT2D eigenvalue weighted by Crippen LogP contribution is 2.16. The lowest BCUT2D eigenvalue weighted by molar-refractivity contribution is -0.167. The van der Waals surface area contributed by atoms with Crippen LogP contribution in [0.1, 0.15) is 278 Å². The lowest BCUT2D eigenvalue weighted by Gasteiger charge is -2.18. The molecule has 73 heavy (non-hydrogen) atoms. The number of ether oxygens (including phenoxy) is 3. The van der Waals surface area contributed by atoms with Crippen LogP contribution in [0.15, 0.2) is 109 Å². The number of allylic oxidation sites excluding steroid dienone is 18. The van der Waals surface area contributed by atoms with E-state index in [1.165, 1.54) is 109 Å². The molecule has 0 spiro atoms. The zero-order valence-corrected chi connectivity index (χ0v) is 47.6. The standard InChI is InChI=1S/C67H112O6/c1-4-7-10-13-16-19-22-25-28-30-32-33-35-36-39-42-45-48-51-54-57-60-66(69)72-63-64(62-71-65(68)59-56-53-50-47-44-41-38-27-24-21-18-15-12-9-6-3)73-67(70)61-58-55-52-49-46-43-40-37-34-31-29-26-23-20-17-14-11-8-5-2/h7-8,10-11,16-17,19-20,25-26,28-29,32-34,37,43,46,64H,4-6,9,12-15,18,21-24,27,30-31,35-36,38-42,44-45,47-63H2,1-3H3/b10-7-,11-8-,19-16-,20-17-,28-25-,29-26-,33-32-,37-34-,46-43-. The molecule has 0 fully saturated rings. The van der Waals surface area contributed by atoms with Gasteiger partial charge in [0.25, 0.3) is 0 Å². The lowest BCUT2D eigenvalue weighted by Crippen LogP contribution is -2.30. The molecule has 0 heterocycles. The van der Waals surface area contributed by atoms with Gasteiger partial charge in [0, 0.05) is 19.3 Å². The van der Waals surface area contributed by atoms with Crippen LogP contribution < -0.4 is 0 Å². The average Bonchev–Trinajstić information content (AvgIpc) is 3.39. The number of rotatable bonds is 54. The molecule has 0 aromatic rings. The molecule has 0 aliphatic heterocycles. The molecule has 0 saturated heterocycles. The van der Waals surface area contributed by atoms with Crippen LogP contribution in [0.25, 0.3) is 0 Å². The Kier molecular flexibility index (Phi) is 57.4. The summed E-state index contributed by atoms with van der Waals surface area (Å²) in [6, 6.07) is 0. The molecule has 6 nitrogen and oxygen atoms in total. The Hall–Kier alpha value is -3.93. The quantitative estimate of drug-likeness (QED) is 0.0261. The minimum atomic E-state index is -0.800. The fourth-order valence-electron chi connectivity index (χ4n) is 8.28. The third-order valence-electron chi connectivity index (χ3n) is 12.8. The van der Waals surface area contributed by atoms with Crippen molar-refractivity contribution in [1.82, 2.24) is 0 Å². The molecular weight excluding hydrogens is 901 g/mol. The number of esters is 3. The smallest absolute Gasteiger partial charge is 0.306 e. The van der Waals surface area contributed by atoms with E-state index in [-0.39, 0.29) is 37.5 Å². The van der Waals surface area contributed by atoms with Crippen LogP contribution in [-0.2, 0) is 28.6 Å². The normalized spacial score (nSPS) is 12.9. The molecular formula is C67H112O6. The first-order valence-electron chi connectivity index (χ1n) is 30.4. The van der Waals surface area contributed by atoms with E-state index in [1.807, 2.05) is 0 Å². The Labute approximate surface area is 450 Å². The summed E-state index contributed by atoms with van der Waals surface area (Å²) in [6.07, 6.45) is 82.2. The van der Waals surface area contributed by atoms with E-state index in [2.05, 4.69) is 130 Å². The topological polar surface area (TPSA) is 78.9 Å². The molecule has 0 aliphatic rings. The maximum atomic E-state index is 12.9. The molecule has 0 aliphatic carbocycles. The van der Waals surface area contributed by atoms with E-state index in [1.54, 1.807) is 0 Å². The second kappa shape index (κ2) is 60.6. The fourth-order valence-corrected chi connectivity index (χ4v) is 8.28. The third kappa shape index (κ3) is 58.8. The van der Waals surface area contributed by atoms with Gasteiger partial charge in [-0.2, -0.15) is 0 Å². The molecule has 0 rings (SSSR count). The van der Waals surface area contributed by atoms with Crippen LogP contribution in [0.2, 0.25) is 0 Å². The van der Waals surface area contributed by atoms with Crippen molar-refractivity contribution in [2.75, 3.05) is 13.2 Å². The first-order valence-corrected chi connectivity index (χ1v) is 30.4. The monoisotopic (exact) mass is 1010 g/mol. The van der Waals surface area contributed by atoms with Crippen LogP contribution in [0.3, 0.4) is 0 Å². The van der Waals surface area contributed by atoms with Crippen molar-refractivity contribution < 1.29 is 28.6 Å². The van der Waals surface area contributed by atoms with E-state index in [0.717, 1.165) is 128 Å². The first-order chi connectivity index (χ1) is 36.0. The van der Waals surface area contributed by atoms with Crippen LogP contribution in [0.5, 0.6) is 0 Å². The Morgan fingerprint density at radius 1 is 0.288 bits per heavy atom. The van der Waals surface area contributed by atoms with Crippen molar-refractivity contribution in [1.29, 1.82) is 0 Å². The van der Waals surface area contributed by atoms with Crippen molar-refractivity contribution in [2.45, 2.75) is 284 Å². The van der Waals surface area contributed by atoms with Crippen LogP contribution in [-0.4, -0.2) is 37.2 Å². The van der Waals surface area contributed by atoms with Crippen LogP contribution in [0.4, 0.5) is 0 Å². The predicted molar refractivity (Wildman–Crippen MR) is 316 cm³/mol. The highest BCUT2D eigenvalue weighted by Gasteiger charge is 2.19. The zero-order chi connectivity index (χ0) is 52.9. The number of carbonyl (C=O) groups is 3. The summed E-state index contributed by atoms with van der Waals surface area (Å²) in [6.45, 7) is 6.40. The number of unbranched alkanes of at least 4 members (excludes halogenated alkanes) is 25. The highest BCUT2D eigenvalue weighted by molar-refractivity contribution is 5.71. The minimum absolute atomic E-state index is 0.0931. The Bertz CT molecular complexity index is 1490. The van der Waals surface area contributed by atoms with Gasteiger partial charge in [0.05, 0.1) is 0 Å². The lowest BCUT2D eigenvalue weighted by atomic mass is 10.0. The minimum Gasteiger partial charge on any atom is -0.462 e. The maximum absolute atomic E-state index is 12.9. The Balaban J connectivity index is 4.45. The molecule has 0 amide bonds. The van der Waals surface area contributed by atoms with E-state index in [4.69, 9.17) is 14.2 Å². The van der Waals surface area contributed by atoms with Crippen molar-refractivity contribution in [3.8, 4) is 0 Å². The molecule has 0 bridgehead atoms. The van der Waals surface area contributed by atoms with Gasteiger partial charge >= 0.3 is 17.9 Å². The van der Waals surface area contributed by atoms with Gasteiger partial charge in [-0.05, 0) is 103 Å². The van der Waals surface area contributed by atoms with E-state index < -0.39 is 6.10 Å². The van der Waals surface area contributed by atoms with Gasteiger partial charge in [-0.15, -0.1) is 0 Å². The van der Waals surface area contributed by atoms with Crippen molar-refractivity contribution in [3.05, 3.63) is 109 Å². The molecule has 0 saturated carbocycles. The third-order valence-corrected chi connectivity index (χ3v) is 12.8. The van der Waals surface area contributed by atoms with Crippen LogP contribution in [0, 0.1) is 0 Å². The van der Waals surface area contributed by atoms with E-state index >= 15 is 0 Å². The molecule has 6 heteroatoms. The summed E-state index contributed by atoms with van der Waals surface area (Å²) in [5.74, 6) is -0.928. The maximum Gasteiger partial charge on any atom is 0.306 e. The Morgan fingerprint density at radius 3 is 0.849 bits per heavy atom. The predicted octanol–water partition coefficient (Wildman–Crippen LogP) is 20.7. The van der Waals surface area contributed by atoms with Gasteiger partial charge in [-0.1, -0.05) is 265 Å². The average molecular weight is 1010 g/mol. The first kappa shape index (κ1) is 69.1. The van der Waals surface area contributed by atoms with Crippen molar-refractivity contribution in [2.24, 2.45) is 0 Å². The molecule has 0 aromatic heterocycles. The second-order valence-electron chi connectivity index (χ2n) is 19.9. The molecule has 0 aromatic carbocycles. The SMILES string of the molecule is CC/C=C\C/C=C\C/C=C\C/C=C\C/C=C\CCCCCC(=O)OC(COC(=O)CCCCCCCCCC/C=C\C/C=C\C/C=C\C/C=C\CC)COC(=O)CCCCCCCCCCCCCCCCC. The number of hydrogen-bond acceptors (Lipinski definition) is 6. The largest absolute Gasteiger partial charge is 0.462 e. The summed E-state index contributed by atoms with van der Waals surface area (Å²) >= 11 is 0. The summed E-state index contributed by atoms with van der Waals surface area (Å²) in [7, 11) is 0. The van der Waals surface area contributed by atoms with Gasteiger partial charge in [-0.25, -0.2) is 0 Å². The highest BCUT2D eigenvalue weighted by atomic mass is 16.6. The van der Waals surface area contributed by atoms with Gasteiger partial charge in [-0.3, -0.25) is 14.4 Å². The summed E-state index contributed by atoms with van der Waals surface area (Å²) < 4.78 is 16.9. The van der Waals surface area contributed by atoms with Crippen molar-refractivity contribution >= 4 is 17.9 Å². The zero-order valence-electron chi connectivity index (χ0n) is 47.6. The summed E-state index contributed by atoms with van der Waals surface area (Å²) in [5.41, 5.74) is 0. The summed E-state index contributed by atoms with van der Waals surface area (Å²) in [4.78, 5) is 38.3. The van der Waals surface area contributed by atoms with E-state index in [0.29, 0.717) is 12.8 Å². The van der Waals surface area contributed by atoms with Crippen molar-refractivity contribution in [3.63, 3.8) is 0 Å². The molecule has 416 valence electrons. The van der Waals surface area contributed by atoms with Gasteiger partial charge in [0.1, 0.15) is 13.2 Å². The number of carbonyl (C=O) groups excluding carboxylic acids is 3. The van der Waals surface area contributed by atoms with Gasteiger partial charge < -0.3 is 14.2 Å². The molecule has 1 atom stereocenters. The Morgan fingerprint density at radius 2 is 0.534 bits per heavy atom. The second-order valence-corrected chi connectivity index (χ2v) is 19.9. The van der Waals surface area contributed by atoms with Crippen LogP contribution >= 0.6 is 0 Å². The molecule has 1 unspecified atom stereocenters. The molecule has 0 radical (unpaired) electrons. The fraction of sp³-hybridized carbons (Fsp3) is 0.687. The molecule has 0 N–H and O–H groups in total. The van der Waals surface area contributed by atoms with E-state index in [9.17, 15) is 14.4 Å². The van der Waals surface area contributed by atoms with Gasteiger partial charge in [0.15, 0.2) is 6.10 Å². The number of hydrogen-bond donors (Lipinski definition) is 0. The summed E-state index contributed by atoms with van der Waals surface area (Å²) in [5, 5.41) is 0.